The van der Waals surface area contributed by atoms with Crippen LogP contribution in [0.1, 0.15) is 11.1 Å². The van der Waals surface area contributed by atoms with Crippen molar-refractivity contribution in [1.29, 1.82) is 0 Å². The molecule has 3 aromatic carbocycles. The lowest BCUT2D eigenvalue weighted by atomic mass is 9.99. The molecule has 7 heteroatoms. The van der Waals surface area contributed by atoms with E-state index in [2.05, 4.69) is 4.90 Å². The van der Waals surface area contributed by atoms with Crippen molar-refractivity contribution in [3.05, 3.63) is 97.3 Å². The molecule has 32 heavy (non-hydrogen) atoms. The van der Waals surface area contributed by atoms with Crippen LogP contribution in [0.3, 0.4) is 0 Å². The molecule has 1 aliphatic rings. The number of fused-ring (bicyclic) bond motifs is 3. The fourth-order valence-corrected chi connectivity index (χ4v) is 4.82. The van der Waals surface area contributed by atoms with Gasteiger partial charge in [0.25, 0.3) is 0 Å². The Balaban J connectivity index is 1.51. The van der Waals surface area contributed by atoms with Crippen LogP contribution in [0.15, 0.2) is 69.9 Å². The van der Waals surface area contributed by atoms with Crippen LogP contribution < -0.4 is 10.4 Å². The van der Waals surface area contributed by atoms with Gasteiger partial charge in [0.15, 0.2) is 0 Å². The van der Waals surface area contributed by atoms with Gasteiger partial charge in [-0.2, -0.15) is 0 Å². The van der Waals surface area contributed by atoms with Crippen molar-refractivity contribution >= 4 is 45.8 Å². The van der Waals surface area contributed by atoms with Gasteiger partial charge in [-0.05, 0) is 41.3 Å². The number of rotatable bonds is 4. The fraction of sp³-hybridized carbons (Fsp3) is 0.160. The van der Waals surface area contributed by atoms with E-state index in [-0.39, 0.29) is 0 Å². The SMILES string of the molecule is O=c1cc(-c2ccccc2)c2cc(Cl)c3c(c2o1)CN(CCc1ccc(Cl)cc1Cl)CO3. The zero-order valence-corrected chi connectivity index (χ0v) is 19.2. The van der Waals surface area contributed by atoms with Crippen molar-refractivity contribution in [3.8, 4) is 16.9 Å². The summed E-state index contributed by atoms with van der Waals surface area (Å²) in [6, 6.07) is 18.5. The molecule has 4 nitrogen and oxygen atoms in total. The summed E-state index contributed by atoms with van der Waals surface area (Å²) >= 11 is 18.9. The first-order valence-corrected chi connectivity index (χ1v) is 11.3. The summed E-state index contributed by atoms with van der Waals surface area (Å²) < 4.78 is 11.6. The maximum atomic E-state index is 12.4. The Morgan fingerprint density at radius 2 is 1.75 bits per heavy atom. The summed E-state index contributed by atoms with van der Waals surface area (Å²) in [5, 5.41) is 2.53. The first-order chi connectivity index (χ1) is 15.5. The monoisotopic (exact) mass is 485 g/mol. The number of nitrogens with zero attached hydrogens (tertiary/aromatic N) is 1. The van der Waals surface area contributed by atoms with Gasteiger partial charge in [-0.3, -0.25) is 4.90 Å². The highest BCUT2D eigenvalue weighted by atomic mass is 35.5. The predicted molar refractivity (Wildman–Crippen MR) is 129 cm³/mol. The Kier molecular flexibility index (Phi) is 5.87. The predicted octanol–water partition coefficient (Wildman–Crippen LogP) is 6.81. The summed E-state index contributed by atoms with van der Waals surface area (Å²) in [6.45, 7) is 1.63. The molecule has 1 aromatic heterocycles. The molecule has 0 aliphatic carbocycles. The minimum atomic E-state index is -0.411. The Labute approximate surface area is 199 Å². The zero-order chi connectivity index (χ0) is 22.2. The minimum absolute atomic E-state index is 0.381. The molecule has 0 spiro atoms. The van der Waals surface area contributed by atoms with Crippen molar-refractivity contribution in [3.63, 3.8) is 0 Å². The fourth-order valence-electron chi connectivity index (χ4n) is 4.04. The van der Waals surface area contributed by atoms with Gasteiger partial charge in [0, 0.05) is 34.6 Å². The van der Waals surface area contributed by atoms with Crippen molar-refractivity contribution in [2.24, 2.45) is 0 Å². The lowest BCUT2D eigenvalue weighted by Gasteiger charge is -2.30. The second-order valence-electron chi connectivity index (χ2n) is 7.70. The second kappa shape index (κ2) is 8.80. The van der Waals surface area contributed by atoms with E-state index < -0.39 is 5.63 Å². The Morgan fingerprint density at radius 1 is 0.938 bits per heavy atom. The van der Waals surface area contributed by atoms with E-state index in [1.54, 1.807) is 6.07 Å². The number of halogens is 3. The van der Waals surface area contributed by atoms with E-state index in [0.29, 0.717) is 46.2 Å². The van der Waals surface area contributed by atoms with Crippen LogP contribution in [0, 0.1) is 0 Å². The molecule has 0 bridgehead atoms. The topological polar surface area (TPSA) is 42.7 Å². The van der Waals surface area contributed by atoms with Crippen LogP contribution in [0.5, 0.6) is 5.75 Å². The molecule has 0 atom stereocenters. The Bertz CT molecular complexity index is 1370. The molecule has 162 valence electrons. The van der Waals surface area contributed by atoms with Gasteiger partial charge in [0.05, 0.1) is 10.6 Å². The third kappa shape index (κ3) is 4.12. The summed E-state index contributed by atoms with van der Waals surface area (Å²) in [5.74, 6) is 0.563. The molecule has 0 unspecified atom stereocenters. The molecule has 4 aromatic rings. The second-order valence-corrected chi connectivity index (χ2v) is 8.95. The third-order valence-corrected chi connectivity index (χ3v) is 6.47. The summed E-state index contributed by atoms with van der Waals surface area (Å²) in [4.78, 5) is 14.5. The molecule has 0 amide bonds. The Hall–Kier alpha value is -2.50. The van der Waals surface area contributed by atoms with Gasteiger partial charge in [0.1, 0.15) is 18.1 Å². The molecule has 0 fully saturated rings. The maximum Gasteiger partial charge on any atom is 0.336 e. The van der Waals surface area contributed by atoms with Crippen molar-refractivity contribution < 1.29 is 9.15 Å². The van der Waals surface area contributed by atoms with E-state index in [1.807, 2.05) is 48.5 Å². The maximum absolute atomic E-state index is 12.4. The van der Waals surface area contributed by atoms with Gasteiger partial charge in [-0.15, -0.1) is 0 Å². The molecule has 5 rings (SSSR count). The van der Waals surface area contributed by atoms with Gasteiger partial charge in [-0.1, -0.05) is 71.2 Å². The number of hydrogen-bond donors (Lipinski definition) is 0. The zero-order valence-electron chi connectivity index (χ0n) is 16.9. The van der Waals surface area contributed by atoms with Crippen LogP contribution in [-0.4, -0.2) is 18.2 Å². The molecular weight excluding hydrogens is 469 g/mol. The van der Waals surface area contributed by atoms with Crippen molar-refractivity contribution in [2.75, 3.05) is 13.3 Å². The van der Waals surface area contributed by atoms with Crippen molar-refractivity contribution in [2.45, 2.75) is 13.0 Å². The summed E-state index contributed by atoms with van der Waals surface area (Å²) in [6.07, 6.45) is 0.729. The van der Waals surface area contributed by atoms with Gasteiger partial charge in [-0.25, -0.2) is 4.79 Å². The first kappa shape index (κ1) is 21.4. The van der Waals surface area contributed by atoms with Gasteiger partial charge in [0.2, 0.25) is 0 Å². The van der Waals surface area contributed by atoms with E-state index in [9.17, 15) is 4.79 Å². The van der Waals surface area contributed by atoms with Crippen molar-refractivity contribution in [1.82, 2.24) is 4.90 Å². The summed E-state index contributed by atoms with van der Waals surface area (Å²) in [7, 11) is 0. The van der Waals surface area contributed by atoms with E-state index in [0.717, 1.165) is 34.1 Å². The van der Waals surface area contributed by atoms with E-state index in [1.165, 1.54) is 6.07 Å². The lowest BCUT2D eigenvalue weighted by molar-refractivity contribution is 0.0969. The lowest BCUT2D eigenvalue weighted by Crippen LogP contribution is -2.34. The normalized spacial score (nSPS) is 13.7. The largest absolute Gasteiger partial charge is 0.476 e. The molecule has 0 N–H and O–H groups in total. The molecule has 2 heterocycles. The average molecular weight is 487 g/mol. The molecule has 0 saturated carbocycles. The number of ether oxygens (including phenoxy) is 1. The standard InChI is InChI=1S/C25H18Cl3NO3/c26-17-7-6-16(21(27)10-17)8-9-29-13-20-24-19(11-22(28)25(20)31-14-29)18(12-23(30)32-24)15-4-2-1-3-5-15/h1-7,10-12H,8-9,13-14H2. The third-order valence-electron chi connectivity index (χ3n) is 5.61. The van der Waals surface area contributed by atoms with Crippen LogP contribution in [-0.2, 0) is 13.0 Å². The van der Waals surface area contributed by atoms with Crippen LogP contribution in [0.4, 0.5) is 0 Å². The van der Waals surface area contributed by atoms with Crippen LogP contribution in [0.2, 0.25) is 15.1 Å². The minimum Gasteiger partial charge on any atom is -0.476 e. The number of hydrogen-bond acceptors (Lipinski definition) is 4. The average Bonchev–Trinajstić information content (AvgIpc) is 2.79. The van der Waals surface area contributed by atoms with E-state index >= 15 is 0 Å². The summed E-state index contributed by atoms with van der Waals surface area (Å²) in [5.41, 5.74) is 3.58. The molecule has 0 saturated heterocycles. The smallest absolute Gasteiger partial charge is 0.336 e. The van der Waals surface area contributed by atoms with Crippen LogP contribution in [0.25, 0.3) is 22.1 Å². The first-order valence-electron chi connectivity index (χ1n) is 10.1. The Morgan fingerprint density at radius 3 is 2.53 bits per heavy atom. The van der Waals surface area contributed by atoms with Gasteiger partial charge >= 0.3 is 5.63 Å². The van der Waals surface area contributed by atoms with E-state index in [4.69, 9.17) is 44.0 Å². The number of benzene rings is 3. The highest BCUT2D eigenvalue weighted by Crippen LogP contribution is 2.41. The molecular formula is C25H18Cl3NO3. The quantitative estimate of drug-likeness (QED) is 0.297. The van der Waals surface area contributed by atoms with Gasteiger partial charge < -0.3 is 9.15 Å². The molecule has 0 radical (unpaired) electrons. The molecule has 1 aliphatic heterocycles. The van der Waals surface area contributed by atoms with Crippen LogP contribution >= 0.6 is 34.8 Å². The highest BCUT2D eigenvalue weighted by Gasteiger charge is 2.25. The highest BCUT2D eigenvalue weighted by molar-refractivity contribution is 6.35.